The maximum atomic E-state index is 11.9. The van der Waals surface area contributed by atoms with Gasteiger partial charge in [0, 0.05) is 39.8 Å². The Hall–Kier alpha value is -0.810. The minimum absolute atomic E-state index is 0.155. The number of piperidine rings is 2. The molecule has 1 N–H and O–H groups in total. The van der Waals surface area contributed by atoms with E-state index in [4.69, 9.17) is 0 Å². The van der Waals surface area contributed by atoms with Crippen molar-refractivity contribution < 1.29 is 4.79 Å². The summed E-state index contributed by atoms with van der Waals surface area (Å²) in [7, 11) is 5.91. The fourth-order valence-electron chi connectivity index (χ4n) is 3.42. The summed E-state index contributed by atoms with van der Waals surface area (Å²) in [4.78, 5) is 18.1. The van der Waals surface area contributed by atoms with Crippen molar-refractivity contribution in [1.29, 1.82) is 0 Å². The molecule has 0 spiro atoms. The van der Waals surface area contributed by atoms with Gasteiger partial charge in [0.15, 0.2) is 0 Å². The molecule has 0 aliphatic carbocycles. The van der Waals surface area contributed by atoms with Crippen LogP contribution in [-0.2, 0) is 0 Å². The minimum Gasteiger partial charge on any atom is -0.331 e. The molecule has 0 radical (unpaired) electrons. The second kappa shape index (κ2) is 7.27. The van der Waals surface area contributed by atoms with Crippen molar-refractivity contribution in [2.24, 2.45) is 5.92 Å². The van der Waals surface area contributed by atoms with Gasteiger partial charge in [-0.15, -0.1) is 0 Å². The van der Waals surface area contributed by atoms with Crippen LogP contribution in [0.25, 0.3) is 0 Å². The first kappa shape index (κ1) is 15.6. The summed E-state index contributed by atoms with van der Waals surface area (Å²) < 4.78 is 0. The highest BCUT2D eigenvalue weighted by Gasteiger charge is 2.27. The standard InChI is InChI=1S/C15H30N4O/c1-17(2)15(20)19-9-6-14(7-10-19)18(3)12-13-5-4-8-16-11-13/h13-14,16H,4-12H2,1-3H3. The van der Waals surface area contributed by atoms with E-state index in [1.165, 1.54) is 32.5 Å². The van der Waals surface area contributed by atoms with Gasteiger partial charge in [0.25, 0.3) is 0 Å². The lowest BCUT2D eigenvalue weighted by atomic mass is 9.97. The lowest BCUT2D eigenvalue weighted by molar-refractivity contribution is 0.109. The average molecular weight is 282 g/mol. The molecule has 2 rings (SSSR count). The second-order valence-corrected chi connectivity index (χ2v) is 6.55. The Kier molecular flexibility index (Phi) is 5.66. The number of carbonyl (C=O) groups excluding carboxylic acids is 1. The Balaban J connectivity index is 1.73. The summed E-state index contributed by atoms with van der Waals surface area (Å²) in [5, 5.41) is 3.49. The van der Waals surface area contributed by atoms with Crippen molar-refractivity contribution in [2.45, 2.75) is 31.7 Å². The highest BCUT2D eigenvalue weighted by atomic mass is 16.2. The summed E-state index contributed by atoms with van der Waals surface area (Å²) in [5.74, 6) is 0.801. The molecule has 0 aromatic rings. The Morgan fingerprint density at radius 1 is 1.20 bits per heavy atom. The zero-order valence-electron chi connectivity index (χ0n) is 13.3. The second-order valence-electron chi connectivity index (χ2n) is 6.55. The van der Waals surface area contributed by atoms with E-state index in [9.17, 15) is 4.79 Å². The number of urea groups is 1. The van der Waals surface area contributed by atoms with E-state index in [-0.39, 0.29) is 6.03 Å². The molecular formula is C15H30N4O. The number of hydrogen-bond acceptors (Lipinski definition) is 3. The smallest absolute Gasteiger partial charge is 0.319 e. The highest BCUT2D eigenvalue weighted by molar-refractivity contribution is 5.73. The van der Waals surface area contributed by atoms with Gasteiger partial charge in [-0.2, -0.15) is 0 Å². The lowest BCUT2D eigenvalue weighted by Gasteiger charge is -2.39. The van der Waals surface area contributed by atoms with Crippen LogP contribution in [0.5, 0.6) is 0 Å². The van der Waals surface area contributed by atoms with Crippen LogP contribution in [0.1, 0.15) is 25.7 Å². The predicted molar refractivity (Wildman–Crippen MR) is 81.9 cm³/mol. The van der Waals surface area contributed by atoms with E-state index in [0.717, 1.165) is 31.8 Å². The molecule has 116 valence electrons. The summed E-state index contributed by atoms with van der Waals surface area (Å²) in [6, 6.07) is 0.797. The zero-order chi connectivity index (χ0) is 14.5. The van der Waals surface area contributed by atoms with Crippen LogP contribution >= 0.6 is 0 Å². The quantitative estimate of drug-likeness (QED) is 0.841. The number of amides is 2. The van der Waals surface area contributed by atoms with Crippen LogP contribution in [0.15, 0.2) is 0 Å². The maximum Gasteiger partial charge on any atom is 0.319 e. The van der Waals surface area contributed by atoms with Crippen molar-refractivity contribution in [2.75, 3.05) is 53.9 Å². The zero-order valence-corrected chi connectivity index (χ0v) is 13.3. The van der Waals surface area contributed by atoms with Gasteiger partial charge in [-0.25, -0.2) is 4.79 Å². The molecule has 2 heterocycles. The van der Waals surface area contributed by atoms with Crippen molar-refractivity contribution >= 4 is 6.03 Å². The Labute approximate surface area is 123 Å². The summed E-state index contributed by atoms with van der Waals surface area (Å²) >= 11 is 0. The van der Waals surface area contributed by atoms with Gasteiger partial charge >= 0.3 is 6.03 Å². The van der Waals surface area contributed by atoms with Crippen LogP contribution in [0.2, 0.25) is 0 Å². The van der Waals surface area contributed by atoms with Crippen LogP contribution in [0, 0.1) is 5.92 Å². The van der Waals surface area contributed by atoms with Gasteiger partial charge in [0.05, 0.1) is 0 Å². The van der Waals surface area contributed by atoms with Crippen LogP contribution in [0.3, 0.4) is 0 Å². The number of likely N-dealkylation sites (tertiary alicyclic amines) is 1. The van der Waals surface area contributed by atoms with Gasteiger partial charge in [-0.05, 0) is 51.7 Å². The molecular weight excluding hydrogens is 252 g/mol. The molecule has 2 amide bonds. The van der Waals surface area contributed by atoms with Crippen molar-refractivity contribution in [3.8, 4) is 0 Å². The number of nitrogens with one attached hydrogen (secondary N) is 1. The summed E-state index contributed by atoms with van der Waals surface area (Å²) in [6.07, 6.45) is 4.88. The van der Waals surface area contributed by atoms with Crippen LogP contribution in [-0.4, -0.2) is 80.6 Å². The van der Waals surface area contributed by atoms with Crippen LogP contribution < -0.4 is 5.32 Å². The van der Waals surface area contributed by atoms with E-state index in [1.54, 1.807) is 4.90 Å². The number of hydrogen-bond donors (Lipinski definition) is 1. The van der Waals surface area contributed by atoms with Gasteiger partial charge in [-0.1, -0.05) is 0 Å². The molecule has 2 saturated heterocycles. The first-order valence-corrected chi connectivity index (χ1v) is 7.95. The van der Waals surface area contributed by atoms with E-state index < -0.39 is 0 Å². The number of carbonyl (C=O) groups is 1. The predicted octanol–water partition coefficient (Wildman–Crippen LogP) is 1.06. The third kappa shape index (κ3) is 4.09. The third-order valence-electron chi connectivity index (χ3n) is 4.69. The van der Waals surface area contributed by atoms with Gasteiger partial charge in [0.2, 0.25) is 0 Å². The monoisotopic (exact) mass is 282 g/mol. The summed E-state index contributed by atoms with van der Waals surface area (Å²) in [5.41, 5.74) is 0. The van der Waals surface area contributed by atoms with Crippen molar-refractivity contribution in [3.05, 3.63) is 0 Å². The van der Waals surface area contributed by atoms with Gasteiger partial charge in [0.1, 0.15) is 0 Å². The molecule has 1 atom stereocenters. The fourth-order valence-corrected chi connectivity index (χ4v) is 3.42. The fraction of sp³-hybridized carbons (Fsp3) is 0.933. The number of nitrogens with zero attached hydrogens (tertiary/aromatic N) is 3. The molecule has 1 unspecified atom stereocenters. The largest absolute Gasteiger partial charge is 0.331 e. The van der Waals surface area contributed by atoms with E-state index in [0.29, 0.717) is 6.04 Å². The molecule has 5 heteroatoms. The molecule has 5 nitrogen and oxygen atoms in total. The number of rotatable bonds is 3. The summed E-state index contributed by atoms with van der Waals surface area (Å²) in [6.45, 7) is 5.34. The normalized spacial score (nSPS) is 25.0. The lowest BCUT2D eigenvalue weighted by Crippen LogP contribution is -2.49. The molecule has 2 aliphatic rings. The van der Waals surface area contributed by atoms with Crippen molar-refractivity contribution in [3.63, 3.8) is 0 Å². The van der Waals surface area contributed by atoms with E-state index >= 15 is 0 Å². The Morgan fingerprint density at radius 3 is 2.45 bits per heavy atom. The van der Waals surface area contributed by atoms with Gasteiger partial charge in [-0.3, -0.25) is 0 Å². The molecule has 2 fully saturated rings. The van der Waals surface area contributed by atoms with E-state index in [2.05, 4.69) is 17.3 Å². The van der Waals surface area contributed by atoms with Crippen molar-refractivity contribution in [1.82, 2.24) is 20.0 Å². The van der Waals surface area contributed by atoms with E-state index in [1.807, 2.05) is 19.0 Å². The SMILES string of the molecule is CN(C)C(=O)N1CCC(N(C)CC2CCCNC2)CC1. The molecule has 20 heavy (non-hydrogen) atoms. The minimum atomic E-state index is 0.155. The van der Waals surface area contributed by atoms with Gasteiger partial charge < -0.3 is 20.0 Å². The molecule has 0 bridgehead atoms. The third-order valence-corrected chi connectivity index (χ3v) is 4.69. The highest BCUT2D eigenvalue weighted by Crippen LogP contribution is 2.19. The molecule has 0 aromatic heterocycles. The Morgan fingerprint density at radius 2 is 1.90 bits per heavy atom. The first-order chi connectivity index (χ1) is 9.58. The maximum absolute atomic E-state index is 11.9. The molecule has 0 aromatic carbocycles. The Bertz CT molecular complexity index is 307. The molecule has 2 aliphatic heterocycles. The topological polar surface area (TPSA) is 38.8 Å². The van der Waals surface area contributed by atoms with Crippen LogP contribution in [0.4, 0.5) is 4.79 Å². The first-order valence-electron chi connectivity index (χ1n) is 7.95. The average Bonchev–Trinajstić information content (AvgIpc) is 2.47. The molecule has 0 saturated carbocycles.